The summed E-state index contributed by atoms with van der Waals surface area (Å²) in [7, 11) is 0. The average Bonchev–Trinajstić information content (AvgIpc) is 2.75. The molecule has 0 amide bonds. The van der Waals surface area contributed by atoms with Gasteiger partial charge in [0.05, 0.1) is 16.2 Å². The Morgan fingerprint density at radius 2 is 2.20 bits per heavy atom. The van der Waals surface area contributed by atoms with Crippen LogP contribution in [0.15, 0.2) is 23.4 Å². The molecule has 1 aromatic carbocycles. The van der Waals surface area contributed by atoms with Crippen molar-refractivity contribution in [3.8, 4) is 5.69 Å². The number of amidine groups is 1. The van der Waals surface area contributed by atoms with Crippen LogP contribution in [-0.2, 0) is 0 Å². The van der Waals surface area contributed by atoms with Crippen LogP contribution in [0.5, 0.6) is 0 Å². The Balaban J connectivity index is 2.70. The second-order valence-electron chi connectivity index (χ2n) is 4.06. The van der Waals surface area contributed by atoms with Crippen molar-refractivity contribution in [1.29, 1.82) is 0 Å². The molecule has 0 fully saturated rings. The molecule has 3 N–H and O–H groups in total. The molecule has 0 bridgehead atoms. The lowest BCUT2D eigenvalue weighted by atomic mass is 10.1. The number of nitro benzene ring substituents is 1. The summed E-state index contributed by atoms with van der Waals surface area (Å²) in [6.45, 7) is 3.45. The number of hydrogen-bond acceptors (Lipinski definition) is 6. The van der Waals surface area contributed by atoms with Gasteiger partial charge >= 0.3 is 0 Å². The molecule has 0 aliphatic carbocycles. The zero-order valence-corrected chi connectivity index (χ0v) is 10.8. The van der Waals surface area contributed by atoms with E-state index in [1.54, 1.807) is 13.8 Å². The van der Waals surface area contributed by atoms with E-state index in [4.69, 9.17) is 10.9 Å². The fourth-order valence-electron chi connectivity index (χ4n) is 1.83. The molecule has 0 unspecified atom stereocenters. The number of nitro groups is 1. The molecule has 0 saturated carbocycles. The highest BCUT2D eigenvalue weighted by molar-refractivity contribution is 6.00. The standard InChI is InChI=1S/C11H12N6O3/c1-6-13-7(2)16(14-6)10-4-3-8(17(19)20)5-9(10)11(12)15-18/h3-5,18H,1-2H3,(H2,12,15). The fourth-order valence-corrected chi connectivity index (χ4v) is 1.83. The maximum atomic E-state index is 10.8. The minimum Gasteiger partial charge on any atom is -0.409 e. The fraction of sp³-hybridized carbons (Fsp3) is 0.182. The van der Waals surface area contributed by atoms with Gasteiger partial charge < -0.3 is 10.9 Å². The van der Waals surface area contributed by atoms with Gasteiger partial charge in [0, 0.05) is 12.1 Å². The smallest absolute Gasteiger partial charge is 0.270 e. The van der Waals surface area contributed by atoms with Crippen molar-refractivity contribution in [3.05, 3.63) is 45.5 Å². The third kappa shape index (κ3) is 2.28. The van der Waals surface area contributed by atoms with Gasteiger partial charge in [0.25, 0.3) is 5.69 Å². The van der Waals surface area contributed by atoms with E-state index in [0.29, 0.717) is 17.3 Å². The number of rotatable bonds is 3. The highest BCUT2D eigenvalue weighted by Crippen LogP contribution is 2.21. The number of non-ortho nitro benzene ring substituents is 1. The van der Waals surface area contributed by atoms with Gasteiger partial charge in [0.15, 0.2) is 5.84 Å². The Morgan fingerprint density at radius 1 is 1.50 bits per heavy atom. The first-order valence-corrected chi connectivity index (χ1v) is 5.61. The molecule has 1 aromatic heterocycles. The van der Waals surface area contributed by atoms with E-state index in [9.17, 15) is 10.1 Å². The van der Waals surface area contributed by atoms with Crippen LogP contribution >= 0.6 is 0 Å². The molecule has 0 saturated heterocycles. The van der Waals surface area contributed by atoms with E-state index in [1.807, 2.05) is 0 Å². The van der Waals surface area contributed by atoms with E-state index in [0.717, 1.165) is 0 Å². The third-order valence-electron chi connectivity index (χ3n) is 2.68. The van der Waals surface area contributed by atoms with E-state index in [1.165, 1.54) is 22.9 Å². The number of nitrogens with two attached hydrogens (primary N) is 1. The third-order valence-corrected chi connectivity index (χ3v) is 2.68. The van der Waals surface area contributed by atoms with Crippen molar-refractivity contribution < 1.29 is 10.1 Å². The van der Waals surface area contributed by atoms with Gasteiger partial charge in [-0.3, -0.25) is 10.1 Å². The van der Waals surface area contributed by atoms with Gasteiger partial charge in [-0.05, 0) is 19.9 Å². The zero-order valence-electron chi connectivity index (χ0n) is 10.8. The van der Waals surface area contributed by atoms with Crippen LogP contribution in [0.25, 0.3) is 5.69 Å². The van der Waals surface area contributed by atoms with Gasteiger partial charge in [-0.2, -0.15) is 5.10 Å². The van der Waals surface area contributed by atoms with Crippen LogP contribution in [0.1, 0.15) is 17.2 Å². The van der Waals surface area contributed by atoms with Crippen LogP contribution in [0.2, 0.25) is 0 Å². The lowest BCUT2D eigenvalue weighted by Crippen LogP contribution is -2.17. The SMILES string of the molecule is Cc1nc(C)n(-c2ccc([N+](=O)[O-])cc2C(N)=NO)n1. The summed E-state index contributed by atoms with van der Waals surface area (Å²) in [5.41, 5.74) is 6.06. The molecule has 9 nitrogen and oxygen atoms in total. The van der Waals surface area contributed by atoms with Crippen LogP contribution in [0.3, 0.4) is 0 Å². The highest BCUT2D eigenvalue weighted by atomic mass is 16.6. The maximum absolute atomic E-state index is 10.8. The van der Waals surface area contributed by atoms with Crippen molar-refractivity contribution in [3.63, 3.8) is 0 Å². The van der Waals surface area contributed by atoms with E-state index in [-0.39, 0.29) is 17.1 Å². The molecule has 0 aliphatic rings. The van der Waals surface area contributed by atoms with Crippen molar-refractivity contribution in [1.82, 2.24) is 14.8 Å². The van der Waals surface area contributed by atoms with Crippen molar-refractivity contribution in [2.75, 3.05) is 0 Å². The van der Waals surface area contributed by atoms with E-state index in [2.05, 4.69) is 15.2 Å². The summed E-state index contributed by atoms with van der Waals surface area (Å²) in [6.07, 6.45) is 0. The van der Waals surface area contributed by atoms with Gasteiger partial charge in [-0.25, -0.2) is 9.67 Å². The molecule has 0 aliphatic heterocycles. The quantitative estimate of drug-likeness (QED) is 0.281. The molecule has 0 atom stereocenters. The highest BCUT2D eigenvalue weighted by Gasteiger charge is 2.17. The monoisotopic (exact) mass is 276 g/mol. The molecular formula is C11H12N6O3. The first-order valence-electron chi connectivity index (χ1n) is 5.61. The molecule has 2 rings (SSSR count). The Labute approximate surface area is 113 Å². The lowest BCUT2D eigenvalue weighted by Gasteiger charge is -2.09. The van der Waals surface area contributed by atoms with Crippen LogP contribution < -0.4 is 5.73 Å². The van der Waals surface area contributed by atoms with Crippen LogP contribution in [-0.4, -0.2) is 30.7 Å². The largest absolute Gasteiger partial charge is 0.409 e. The molecule has 20 heavy (non-hydrogen) atoms. The second kappa shape index (κ2) is 4.96. The lowest BCUT2D eigenvalue weighted by molar-refractivity contribution is -0.384. The van der Waals surface area contributed by atoms with Crippen LogP contribution in [0.4, 0.5) is 5.69 Å². The molecule has 2 aromatic rings. The topological polar surface area (TPSA) is 132 Å². The second-order valence-corrected chi connectivity index (χ2v) is 4.06. The Kier molecular flexibility index (Phi) is 3.34. The predicted molar refractivity (Wildman–Crippen MR) is 70.0 cm³/mol. The number of aromatic nitrogens is 3. The molecule has 0 spiro atoms. The Hall–Kier alpha value is -2.97. The molecule has 104 valence electrons. The molecule has 1 heterocycles. The van der Waals surface area contributed by atoms with Gasteiger partial charge in [-0.1, -0.05) is 5.16 Å². The van der Waals surface area contributed by atoms with Gasteiger partial charge in [-0.15, -0.1) is 0 Å². The van der Waals surface area contributed by atoms with Crippen LogP contribution in [0, 0.1) is 24.0 Å². The summed E-state index contributed by atoms with van der Waals surface area (Å²) in [5, 5.41) is 26.7. The maximum Gasteiger partial charge on any atom is 0.270 e. The minimum atomic E-state index is -0.558. The normalized spacial score (nSPS) is 11.6. The number of nitrogens with zero attached hydrogens (tertiary/aromatic N) is 5. The average molecular weight is 276 g/mol. The number of oxime groups is 1. The summed E-state index contributed by atoms with van der Waals surface area (Å²) in [5.74, 6) is 0.894. The number of aryl methyl sites for hydroxylation is 2. The van der Waals surface area contributed by atoms with Crippen molar-refractivity contribution in [2.45, 2.75) is 13.8 Å². The molecule has 9 heteroatoms. The molecular weight excluding hydrogens is 264 g/mol. The zero-order chi connectivity index (χ0) is 14.9. The summed E-state index contributed by atoms with van der Waals surface area (Å²) in [6, 6.07) is 4.02. The van der Waals surface area contributed by atoms with Gasteiger partial charge in [0.2, 0.25) is 0 Å². The first kappa shape index (κ1) is 13.5. The summed E-state index contributed by atoms with van der Waals surface area (Å²) in [4.78, 5) is 14.4. The van der Waals surface area contributed by atoms with Crippen molar-refractivity contribution >= 4 is 11.5 Å². The Morgan fingerprint density at radius 3 is 2.70 bits per heavy atom. The van der Waals surface area contributed by atoms with E-state index < -0.39 is 4.92 Å². The predicted octanol–water partition coefficient (Wildman–Crippen LogP) is 0.887. The minimum absolute atomic E-state index is 0.162. The van der Waals surface area contributed by atoms with Crippen molar-refractivity contribution in [2.24, 2.45) is 10.9 Å². The number of benzene rings is 1. The number of hydrogen-bond donors (Lipinski definition) is 2. The summed E-state index contributed by atoms with van der Waals surface area (Å²) < 4.78 is 1.48. The van der Waals surface area contributed by atoms with E-state index >= 15 is 0 Å². The Bertz CT molecular complexity index is 706. The van der Waals surface area contributed by atoms with Gasteiger partial charge in [0.1, 0.15) is 11.6 Å². The summed E-state index contributed by atoms with van der Waals surface area (Å²) >= 11 is 0. The first-order chi connectivity index (χ1) is 9.43. The molecule has 0 radical (unpaired) electrons.